The lowest BCUT2D eigenvalue weighted by Gasteiger charge is -2.37. The molecule has 1 unspecified atom stereocenters. The molecular formula is C15H23NO. The van der Waals surface area contributed by atoms with E-state index in [1.54, 1.807) is 6.92 Å². The minimum absolute atomic E-state index is 0.0561. The zero-order chi connectivity index (χ0) is 13.1. The standard InChI is InChI=1S/C15H23NO/c1-6-11-16(15(3,4)5)14-9-7-13(8-10-14)12(2)17/h6-10,12,17H,1,11H2,2-5H3. The fourth-order valence-electron chi connectivity index (χ4n) is 1.83. The molecule has 17 heavy (non-hydrogen) atoms. The second-order valence-corrected chi connectivity index (χ2v) is 5.34. The molecule has 1 rings (SSSR count). The van der Waals surface area contributed by atoms with Gasteiger partial charge in [-0.15, -0.1) is 6.58 Å². The Labute approximate surface area is 105 Å². The van der Waals surface area contributed by atoms with Gasteiger partial charge in [-0.2, -0.15) is 0 Å². The van der Waals surface area contributed by atoms with Crippen molar-refractivity contribution in [3.8, 4) is 0 Å². The number of hydrogen-bond donors (Lipinski definition) is 1. The van der Waals surface area contributed by atoms with E-state index < -0.39 is 6.10 Å². The molecule has 0 aliphatic carbocycles. The van der Waals surface area contributed by atoms with Gasteiger partial charge in [0.25, 0.3) is 0 Å². The topological polar surface area (TPSA) is 23.5 Å². The molecule has 0 aromatic heterocycles. The third-order valence-electron chi connectivity index (χ3n) is 2.81. The maximum Gasteiger partial charge on any atom is 0.0761 e. The van der Waals surface area contributed by atoms with Crippen LogP contribution in [0.4, 0.5) is 5.69 Å². The molecule has 0 radical (unpaired) electrons. The van der Waals surface area contributed by atoms with Gasteiger partial charge in [0.1, 0.15) is 0 Å². The highest BCUT2D eigenvalue weighted by molar-refractivity contribution is 5.50. The molecule has 0 aliphatic heterocycles. The predicted molar refractivity (Wildman–Crippen MR) is 74.4 cm³/mol. The van der Waals surface area contributed by atoms with Crippen molar-refractivity contribution in [1.29, 1.82) is 0 Å². The van der Waals surface area contributed by atoms with Crippen molar-refractivity contribution in [2.45, 2.75) is 39.3 Å². The van der Waals surface area contributed by atoms with Gasteiger partial charge in [-0.1, -0.05) is 18.2 Å². The van der Waals surface area contributed by atoms with Crippen LogP contribution in [-0.2, 0) is 0 Å². The number of nitrogens with zero attached hydrogens (tertiary/aromatic N) is 1. The zero-order valence-corrected chi connectivity index (χ0v) is 11.3. The van der Waals surface area contributed by atoms with Crippen molar-refractivity contribution < 1.29 is 5.11 Å². The zero-order valence-electron chi connectivity index (χ0n) is 11.3. The van der Waals surface area contributed by atoms with Crippen LogP contribution in [0.15, 0.2) is 36.9 Å². The smallest absolute Gasteiger partial charge is 0.0761 e. The average Bonchev–Trinajstić information content (AvgIpc) is 2.24. The maximum absolute atomic E-state index is 9.49. The first-order valence-corrected chi connectivity index (χ1v) is 6.03. The van der Waals surface area contributed by atoms with Crippen molar-refractivity contribution in [1.82, 2.24) is 0 Å². The normalized spacial score (nSPS) is 13.2. The summed E-state index contributed by atoms with van der Waals surface area (Å²) in [6.45, 7) is 12.9. The van der Waals surface area contributed by atoms with Crippen LogP contribution in [0.1, 0.15) is 39.4 Å². The minimum Gasteiger partial charge on any atom is -0.389 e. The van der Waals surface area contributed by atoms with E-state index in [1.165, 1.54) is 0 Å². The molecule has 1 N–H and O–H groups in total. The molecule has 0 aliphatic rings. The average molecular weight is 233 g/mol. The van der Waals surface area contributed by atoms with Crippen molar-refractivity contribution in [3.63, 3.8) is 0 Å². The largest absolute Gasteiger partial charge is 0.389 e. The fraction of sp³-hybridized carbons (Fsp3) is 0.467. The van der Waals surface area contributed by atoms with Crippen LogP contribution in [0.3, 0.4) is 0 Å². The maximum atomic E-state index is 9.49. The first kappa shape index (κ1) is 13.8. The van der Waals surface area contributed by atoms with E-state index in [-0.39, 0.29) is 5.54 Å². The molecule has 0 saturated carbocycles. The number of anilines is 1. The summed E-state index contributed by atoms with van der Waals surface area (Å²) in [5.41, 5.74) is 2.16. The molecule has 0 fully saturated rings. The van der Waals surface area contributed by atoms with Crippen molar-refractivity contribution >= 4 is 5.69 Å². The Bertz CT molecular complexity index is 360. The molecular weight excluding hydrogens is 210 g/mol. The Kier molecular flexibility index (Phi) is 4.35. The summed E-state index contributed by atoms with van der Waals surface area (Å²) in [5.74, 6) is 0. The van der Waals surface area contributed by atoms with E-state index in [0.717, 1.165) is 17.8 Å². The first-order chi connectivity index (χ1) is 7.86. The number of benzene rings is 1. The summed E-state index contributed by atoms with van der Waals surface area (Å²) in [4.78, 5) is 2.28. The molecule has 1 aromatic carbocycles. The second-order valence-electron chi connectivity index (χ2n) is 5.34. The summed E-state index contributed by atoms with van der Waals surface area (Å²) in [6, 6.07) is 8.05. The van der Waals surface area contributed by atoms with Gasteiger partial charge in [0.2, 0.25) is 0 Å². The monoisotopic (exact) mass is 233 g/mol. The van der Waals surface area contributed by atoms with Gasteiger partial charge in [0.05, 0.1) is 6.10 Å². The predicted octanol–water partition coefficient (Wildman–Crippen LogP) is 3.53. The van der Waals surface area contributed by atoms with Gasteiger partial charge < -0.3 is 10.0 Å². The molecule has 0 spiro atoms. The molecule has 0 amide bonds. The highest BCUT2D eigenvalue weighted by Gasteiger charge is 2.20. The van der Waals surface area contributed by atoms with Gasteiger partial charge in [-0.05, 0) is 45.4 Å². The van der Waals surface area contributed by atoms with Gasteiger partial charge in [-0.25, -0.2) is 0 Å². The lowest BCUT2D eigenvalue weighted by Crippen LogP contribution is -2.41. The molecule has 2 heteroatoms. The molecule has 0 saturated heterocycles. The van der Waals surface area contributed by atoms with Crippen LogP contribution in [0, 0.1) is 0 Å². The quantitative estimate of drug-likeness (QED) is 0.804. The third kappa shape index (κ3) is 3.60. The number of rotatable bonds is 4. The molecule has 2 nitrogen and oxygen atoms in total. The van der Waals surface area contributed by atoms with E-state index >= 15 is 0 Å². The van der Waals surface area contributed by atoms with E-state index in [1.807, 2.05) is 18.2 Å². The van der Waals surface area contributed by atoms with Crippen molar-refractivity contribution in [3.05, 3.63) is 42.5 Å². The van der Waals surface area contributed by atoms with Crippen molar-refractivity contribution in [2.75, 3.05) is 11.4 Å². The van der Waals surface area contributed by atoms with Crippen LogP contribution in [0.2, 0.25) is 0 Å². The SMILES string of the molecule is C=CCN(c1ccc(C(C)O)cc1)C(C)(C)C. The Morgan fingerprint density at radius 2 is 1.82 bits per heavy atom. The van der Waals surface area contributed by atoms with Gasteiger partial charge >= 0.3 is 0 Å². The molecule has 0 bridgehead atoms. The van der Waals surface area contributed by atoms with E-state index in [2.05, 4.69) is 44.4 Å². The Morgan fingerprint density at radius 1 is 1.29 bits per heavy atom. The van der Waals surface area contributed by atoms with Gasteiger partial charge in [0, 0.05) is 17.8 Å². The fourth-order valence-corrected chi connectivity index (χ4v) is 1.83. The van der Waals surface area contributed by atoms with Crippen molar-refractivity contribution in [2.24, 2.45) is 0 Å². The second kappa shape index (κ2) is 5.37. The molecule has 0 heterocycles. The Morgan fingerprint density at radius 3 is 2.18 bits per heavy atom. The number of aliphatic hydroxyl groups excluding tert-OH is 1. The third-order valence-corrected chi connectivity index (χ3v) is 2.81. The minimum atomic E-state index is -0.411. The lowest BCUT2D eigenvalue weighted by atomic mass is 10.0. The summed E-state index contributed by atoms with van der Waals surface area (Å²) in [7, 11) is 0. The first-order valence-electron chi connectivity index (χ1n) is 6.03. The Balaban J connectivity index is 2.99. The highest BCUT2D eigenvalue weighted by Crippen LogP contribution is 2.25. The van der Waals surface area contributed by atoms with Crippen LogP contribution < -0.4 is 4.90 Å². The molecule has 94 valence electrons. The van der Waals surface area contributed by atoms with Gasteiger partial charge in [0.15, 0.2) is 0 Å². The Hall–Kier alpha value is -1.28. The summed E-state index contributed by atoms with van der Waals surface area (Å²) in [5, 5.41) is 9.49. The summed E-state index contributed by atoms with van der Waals surface area (Å²) < 4.78 is 0. The molecule has 1 aromatic rings. The summed E-state index contributed by atoms with van der Waals surface area (Å²) >= 11 is 0. The van der Waals surface area contributed by atoms with E-state index in [0.29, 0.717) is 0 Å². The number of aliphatic hydroxyl groups is 1. The van der Waals surface area contributed by atoms with E-state index in [4.69, 9.17) is 0 Å². The van der Waals surface area contributed by atoms with Crippen LogP contribution in [0.25, 0.3) is 0 Å². The van der Waals surface area contributed by atoms with Crippen LogP contribution >= 0.6 is 0 Å². The van der Waals surface area contributed by atoms with Crippen LogP contribution in [0.5, 0.6) is 0 Å². The summed E-state index contributed by atoms with van der Waals surface area (Å²) in [6.07, 6.45) is 1.50. The lowest BCUT2D eigenvalue weighted by molar-refractivity contribution is 0.199. The van der Waals surface area contributed by atoms with Gasteiger partial charge in [-0.3, -0.25) is 0 Å². The highest BCUT2D eigenvalue weighted by atomic mass is 16.3. The van der Waals surface area contributed by atoms with Crippen LogP contribution in [-0.4, -0.2) is 17.2 Å². The van der Waals surface area contributed by atoms with E-state index in [9.17, 15) is 5.11 Å². The number of hydrogen-bond acceptors (Lipinski definition) is 2. The molecule has 1 atom stereocenters.